The van der Waals surface area contributed by atoms with Gasteiger partial charge in [0.05, 0.1) is 0 Å². The van der Waals surface area contributed by atoms with Gasteiger partial charge in [0.25, 0.3) is 0 Å². The molecule has 0 saturated heterocycles. The monoisotopic (exact) mass is 358 g/mol. The second-order valence-electron chi connectivity index (χ2n) is 6.18. The highest BCUT2D eigenvalue weighted by molar-refractivity contribution is 6.30. The first-order valence-electron chi connectivity index (χ1n) is 8.25. The zero-order valence-corrected chi connectivity index (χ0v) is 15.5. The Morgan fingerprint density at radius 3 is 2.12 bits per heavy atom. The fraction of sp³-hybridized carbons (Fsp3) is 0.300. The molecule has 0 aliphatic rings. The van der Waals surface area contributed by atoms with Gasteiger partial charge in [0.1, 0.15) is 6.54 Å². The molecule has 0 atom stereocenters. The highest BCUT2D eigenvalue weighted by Gasteiger charge is 2.22. The Bertz CT molecular complexity index is 714. The molecule has 4 nitrogen and oxygen atoms in total. The summed E-state index contributed by atoms with van der Waals surface area (Å²) in [7, 11) is 0. The summed E-state index contributed by atoms with van der Waals surface area (Å²) < 4.78 is 0. The van der Waals surface area contributed by atoms with Crippen LogP contribution in [0.3, 0.4) is 0 Å². The summed E-state index contributed by atoms with van der Waals surface area (Å²) in [6.45, 7) is 5.92. The van der Waals surface area contributed by atoms with E-state index >= 15 is 0 Å². The maximum atomic E-state index is 12.9. The van der Waals surface area contributed by atoms with Gasteiger partial charge in [0, 0.05) is 30.2 Å². The molecule has 0 saturated carbocycles. The molecule has 0 heterocycles. The molecule has 0 spiro atoms. The average Bonchev–Trinajstić information content (AvgIpc) is 2.58. The summed E-state index contributed by atoms with van der Waals surface area (Å²) in [6, 6.07) is 16.8. The van der Waals surface area contributed by atoms with E-state index in [9.17, 15) is 9.59 Å². The minimum Gasteiger partial charge on any atom is -0.334 e. The van der Waals surface area contributed by atoms with Crippen molar-refractivity contribution in [3.8, 4) is 0 Å². The number of nitrogens with zero attached hydrogens (tertiary/aromatic N) is 2. The molecule has 0 radical (unpaired) electrons. The van der Waals surface area contributed by atoms with Crippen LogP contribution in [-0.4, -0.2) is 29.3 Å². The molecule has 0 bridgehead atoms. The van der Waals surface area contributed by atoms with Crippen molar-refractivity contribution in [1.29, 1.82) is 0 Å². The average molecular weight is 359 g/mol. The van der Waals surface area contributed by atoms with Crippen LogP contribution in [0, 0.1) is 0 Å². The number of hydrogen-bond donors (Lipinski definition) is 0. The lowest BCUT2D eigenvalue weighted by molar-refractivity contribution is -0.133. The number of carbonyl (C=O) groups is 2. The lowest BCUT2D eigenvalue weighted by atomic mass is 10.2. The van der Waals surface area contributed by atoms with E-state index in [1.165, 1.54) is 11.8 Å². The van der Waals surface area contributed by atoms with E-state index < -0.39 is 0 Å². The van der Waals surface area contributed by atoms with E-state index in [0.29, 0.717) is 17.3 Å². The summed E-state index contributed by atoms with van der Waals surface area (Å²) in [5, 5.41) is 0.589. The molecule has 132 valence electrons. The second-order valence-corrected chi connectivity index (χ2v) is 6.62. The number of anilines is 1. The van der Waals surface area contributed by atoms with Crippen LogP contribution in [0.2, 0.25) is 5.02 Å². The zero-order valence-electron chi connectivity index (χ0n) is 14.8. The van der Waals surface area contributed by atoms with E-state index in [-0.39, 0.29) is 24.4 Å². The lowest BCUT2D eigenvalue weighted by Gasteiger charge is -2.30. The van der Waals surface area contributed by atoms with Crippen LogP contribution < -0.4 is 4.90 Å². The van der Waals surface area contributed by atoms with E-state index in [2.05, 4.69) is 0 Å². The minimum atomic E-state index is -0.181. The highest BCUT2D eigenvalue weighted by Crippen LogP contribution is 2.19. The second kappa shape index (κ2) is 8.67. The Morgan fingerprint density at radius 1 is 1.00 bits per heavy atom. The number of halogens is 1. The molecule has 2 aromatic rings. The molecule has 0 N–H and O–H groups in total. The Hall–Kier alpha value is -2.33. The Labute approximate surface area is 154 Å². The van der Waals surface area contributed by atoms with Crippen molar-refractivity contribution in [2.45, 2.75) is 33.4 Å². The highest BCUT2D eigenvalue weighted by atomic mass is 35.5. The first-order chi connectivity index (χ1) is 11.9. The van der Waals surface area contributed by atoms with E-state index in [1.54, 1.807) is 29.2 Å². The summed E-state index contributed by atoms with van der Waals surface area (Å²) in [5.41, 5.74) is 1.72. The van der Waals surface area contributed by atoms with E-state index in [4.69, 9.17) is 11.6 Å². The summed E-state index contributed by atoms with van der Waals surface area (Å²) in [5.74, 6) is -0.275. The fourth-order valence-electron chi connectivity index (χ4n) is 2.57. The van der Waals surface area contributed by atoms with Gasteiger partial charge in [-0.2, -0.15) is 0 Å². The first kappa shape index (κ1) is 19.0. The smallest absolute Gasteiger partial charge is 0.243 e. The molecule has 0 aromatic heterocycles. The molecule has 0 aliphatic heterocycles. The third-order valence-electron chi connectivity index (χ3n) is 3.95. The predicted octanol–water partition coefficient (Wildman–Crippen LogP) is 4.13. The molecule has 2 amide bonds. The summed E-state index contributed by atoms with van der Waals surface area (Å²) in [6.07, 6.45) is 0. The van der Waals surface area contributed by atoms with Gasteiger partial charge in [-0.25, -0.2) is 0 Å². The quantitative estimate of drug-likeness (QED) is 0.779. The molecule has 2 rings (SSSR count). The predicted molar refractivity (Wildman–Crippen MR) is 102 cm³/mol. The van der Waals surface area contributed by atoms with Crippen LogP contribution in [0.15, 0.2) is 54.6 Å². The van der Waals surface area contributed by atoms with Gasteiger partial charge >= 0.3 is 0 Å². The Balaban J connectivity index is 2.17. The number of rotatable bonds is 6. The maximum absolute atomic E-state index is 12.9. The lowest BCUT2D eigenvalue weighted by Crippen LogP contribution is -2.44. The van der Waals surface area contributed by atoms with E-state index in [0.717, 1.165) is 5.56 Å². The topological polar surface area (TPSA) is 40.6 Å². The van der Waals surface area contributed by atoms with E-state index in [1.807, 2.05) is 44.2 Å². The van der Waals surface area contributed by atoms with Crippen molar-refractivity contribution in [3.05, 3.63) is 65.2 Å². The van der Waals surface area contributed by atoms with Crippen molar-refractivity contribution >= 4 is 29.1 Å². The zero-order chi connectivity index (χ0) is 18.4. The third-order valence-corrected chi connectivity index (χ3v) is 4.20. The SMILES string of the molecule is CC(=O)N(CC(=O)N(Cc1ccccc1)C(C)C)c1ccc(Cl)cc1. The molecule has 0 unspecified atom stereocenters. The van der Waals surface area contributed by atoms with Crippen LogP contribution in [0.1, 0.15) is 26.3 Å². The number of amides is 2. The fourth-order valence-corrected chi connectivity index (χ4v) is 2.70. The van der Waals surface area contributed by atoms with Crippen LogP contribution in [0.25, 0.3) is 0 Å². The molecular formula is C20H23ClN2O2. The van der Waals surface area contributed by atoms with Gasteiger partial charge in [0.15, 0.2) is 0 Å². The molecular weight excluding hydrogens is 336 g/mol. The summed E-state index contributed by atoms with van der Waals surface area (Å²) >= 11 is 5.91. The standard InChI is InChI=1S/C20H23ClN2O2/c1-15(2)22(13-17-7-5-4-6-8-17)20(25)14-23(16(3)24)19-11-9-18(21)10-12-19/h4-12,15H,13-14H2,1-3H3. The van der Waals surface area contributed by atoms with Gasteiger partial charge in [-0.3, -0.25) is 9.59 Å². The largest absolute Gasteiger partial charge is 0.334 e. The normalized spacial score (nSPS) is 10.6. The van der Waals surface area contributed by atoms with Crippen LogP contribution in [0.5, 0.6) is 0 Å². The molecule has 0 aliphatic carbocycles. The van der Waals surface area contributed by atoms with Crippen LogP contribution >= 0.6 is 11.6 Å². The van der Waals surface area contributed by atoms with Crippen molar-refractivity contribution < 1.29 is 9.59 Å². The number of hydrogen-bond acceptors (Lipinski definition) is 2. The van der Waals surface area contributed by atoms with Crippen molar-refractivity contribution in [2.75, 3.05) is 11.4 Å². The van der Waals surface area contributed by atoms with Crippen molar-refractivity contribution in [3.63, 3.8) is 0 Å². The summed E-state index contributed by atoms with van der Waals surface area (Å²) in [4.78, 5) is 28.1. The van der Waals surface area contributed by atoms with Crippen molar-refractivity contribution in [2.24, 2.45) is 0 Å². The number of carbonyl (C=O) groups excluding carboxylic acids is 2. The van der Waals surface area contributed by atoms with Crippen LogP contribution in [-0.2, 0) is 16.1 Å². The van der Waals surface area contributed by atoms with Gasteiger partial charge in [0.2, 0.25) is 11.8 Å². The molecule has 2 aromatic carbocycles. The minimum absolute atomic E-state index is 0.00196. The Kier molecular flexibility index (Phi) is 6.59. The third kappa shape index (κ3) is 5.33. The van der Waals surface area contributed by atoms with Crippen molar-refractivity contribution in [1.82, 2.24) is 4.90 Å². The van der Waals surface area contributed by atoms with Gasteiger partial charge in [-0.05, 0) is 43.7 Å². The van der Waals surface area contributed by atoms with Gasteiger partial charge in [-0.15, -0.1) is 0 Å². The van der Waals surface area contributed by atoms with Gasteiger partial charge in [-0.1, -0.05) is 41.9 Å². The first-order valence-corrected chi connectivity index (χ1v) is 8.63. The molecule has 0 fully saturated rings. The van der Waals surface area contributed by atoms with Crippen LogP contribution in [0.4, 0.5) is 5.69 Å². The number of benzene rings is 2. The van der Waals surface area contributed by atoms with Gasteiger partial charge < -0.3 is 9.80 Å². The maximum Gasteiger partial charge on any atom is 0.243 e. The molecule has 25 heavy (non-hydrogen) atoms. The molecule has 5 heteroatoms. The Morgan fingerprint density at radius 2 is 1.60 bits per heavy atom.